The number of aromatic nitrogens is 4. The minimum absolute atomic E-state index is 0.0243. The number of fused-ring (bicyclic) bond motifs is 1. The van der Waals surface area contributed by atoms with Gasteiger partial charge in [-0.15, -0.1) is 0 Å². The standard InChI is InChI=1S/C20H19F3N6O2/c1-31-17-5-3-14(11-26-17)29-18-16(8-12(9-27-18)20(21,22)23)28-19(29)15-4-2-13(10-25-15)24-6-7-30/h2-5,9-11,24,27,30H,6-8H2,1H3. The highest BCUT2D eigenvalue weighted by molar-refractivity contribution is 5.67. The van der Waals surface area contributed by atoms with Crippen molar-refractivity contribution in [2.45, 2.75) is 12.6 Å². The van der Waals surface area contributed by atoms with Gasteiger partial charge in [0.25, 0.3) is 0 Å². The summed E-state index contributed by atoms with van der Waals surface area (Å²) in [5, 5.41) is 14.7. The molecule has 0 bridgehead atoms. The molecule has 0 radical (unpaired) electrons. The Morgan fingerprint density at radius 2 is 2.03 bits per heavy atom. The normalized spacial score (nSPS) is 13.3. The number of aliphatic hydroxyl groups is 1. The lowest BCUT2D eigenvalue weighted by atomic mass is 10.1. The van der Waals surface area contributed by atoms with Crippen molar-refractivity contribution in [3.05, 3.63) is 54.1 Å². The van der Waals surface area contributed by atoms with Gasteiger partial charge in [0.05, 0.1) is 48.8 Å². The van der Waals surface area contributed by atoms with Crippen molar-refractivity contribution in [3.8, 4) is 23.1 Å². The monoisotopic (exact) mass is 432 g/mol. The average molecular weight is 432 g/mol. The summed E-state index contributed by atoms with van der Waals surface area (Å²) in [6, 6.07) is 6.86. The lowest BCUT2D eigenvalue weighted by molar-refractivity contribution is -0.0934. The summed E-state index contributed by atoms with van der Waals surface area (Å²) in [5.74, 6) is 1.19. The Morgan fingerprint density at radius 3 is 2.65 bits per heavy atom. The number of nitrogens with one attached hydrogen (secondary N) is 2. The van der Waals surface area contributed by atoms with Gasteiger partial charge in [-0.1, -0.05) is 0 Å². The third kappa shape index (κ3) is 4.17. The van der Waals surface area contributed by atoms with Crippen LogP contribution in [0.1, 0.15) is 5.69 Å². The first kappa shape index (κ1) is 20.7. The predicted molar refractivity (Wildman–Crippen MR) is 108 cm³/mol. The lowest BCUT2D eigenvalue weighted by Gasteiger charge is -2.18. The molecule has 0 amide bonds. The van der Waals surface area contributed by atoms with E-state index < -0.39 is 11.7 Å². The lowest BCUT2D eigenvalue weighted by Crippen LogP contribution is -2.19. The van der Waals surface area contributed by atoms with E-state index in [2.05, 4.69) is 25.6 Å². The molecule has 1 aliphatic heterocycles. The van der Waals surface area contributed by atoms with Crippen LogP contribution in [-0.2, 0) is 6.42 Å². The minimum atomic E-state index is -4.45. The molecule has 1 aliphatic rings. The van der Waals surface area contributed by atoms with E-state index in [-0.39, 0.29) is 18.7 Å². The van der Waals surface area contributed by atoms with Gasteiger partial charge in [-0.25, -0.2) is 9.97 Å². The SMILES string of the molecule is COc1ccc(-n2c(-c3ccc(NCCO)cn3)nc3c2NC=C(C(F)(F)F)C3)cn1. The Labute approximate surface area is 175 Å². The molecule has 3 aromatic rings. The summed E-state index contributed by atoms with van der Waals surface area (Å²) >= 11 is 0. The molecule has 8 nitrogen and oxygen atoms in total. The van der Waals surface area contributed by atoms with Gasteiger partial charge < -0.3 is 20.5 Å². The molecule has 11 heteroatoms. The van der Waals surface area contributed by atoms with Crippen LogP contribution in [0, 0.1) is 0 Å². The molecule has 0 fully saturated rings. The van der Waals surface area contributed by atoms with Gasteiger partial charge in [-0.3, -0.25) is 9.55 Å². The topological polar surface area (TPSA) is 97.1 Å². The Morgan fingerprint density at radius 1 is 1.19 bits per heavy atom. The van der Waals surface area contributed by atoms with E-state index in [1.54, 1.807) is 41.2 Å². The van der Waals surface area contributed by atoms with E-state index in [4.69, 9.17) is 9.84 Å². The maximum atomic E-state index is 13.2. The summed E-state index contributed by atoms with van der Waals surface area (Å²) < 4.78 is 46.4. The second-order valence-corrected chi connectivity index (χ2v) is 6.70. The van der Waals surface area contributed by atoms with Crippen molar-refractivity contribution in [1.29, 1.82) is 0 Å². The van der Waals surface area contributed by atoms with Crippen molar-refractivity contribution < 1.29 is 23.0 Å². The molecule has 0 spiro atoms. The molecule has 3 aromatic heterocycles. The van der Waals surface area contributed by atoms with Crippen LogP contribution in [0.15, 0.2) is 48.4 Å². The predicted octanol–water partition coefficient (Wildman–Crippen LogP) is 3.16. The molecule has 0 atom stereocenters. The molecule has 3 N–H and O–H groups in total. The minimum Gasteiger partial charge on any atom is -0.481 e. The summed E-state index contributed by atoms with van der Waals surface area (Å²) in [4.78, 5) is 13.1. The fraction of sp³-hybridized carbons (Fsp3) is 0.250. The quantitative estimate of drug-likeness (QED) is 0.551. The van der Waals surface area contributed by atoms with Crippen molar-refractivity contribution >= 4 is 11.5 Å². The van der Waals surface area contributed by atoms with Gasteiger partial charge in [0, 0.05) is 25.2 Å². The van der Waals surface area contributed by atoms with Crippen LogP contribution in [0.25, 0.3) is 17.2 Å². The number of halogens is 3. The van der Waals surface area contributed by atoms with E-state index in [0.717, 1.165) is 6.20 Å². The first-order valence-corrected chi connectivity index (χ1v) is 9.36. The maximum absolute atomic E-state index is 13.2. The smallest absolute Gasteiger partial charge is 0.414 e. The summed E-state index contributed by atoms with van der Waals surface area (Å²) in [6.45, 7) is 0.348. The summed E-state index contributed by atoms with van der Waals surface area (Å²) in [7, 11) is 1.49. The summed E-state index contributed by atoms with van der Waals surface area (Å²) in [5.41, 5.74) is 1.30. The van der Waals surface area contributed by atoms with Gasteiger partial charge in [-0.2, -0.15) is 13.2 Å². The molecule has 0 unspecified atom stereocenters. The molecule has 4 heterocycles. The zero-order chi connectivity index (χ0) is 22.0. The van der Waals surface area contributed by atoms with Gasteiger partial charge in [0.1, 0.15) is 11.5 Å². The highest BCUT2D eigenvalue weighted by atomic mass is 19.4. The number of hydrogen-bond donors (Lipinski definition) is 3. The Balaban J connectivity index is 1.78. The highest BCUT2D eigenvalue weighted by Gasteiger charge is 2.37. The first-order valence-electron chi connectivity index (χ1n) is 9.36. The number of hydrogen-bond acceptors (Lipinski definition) is 7. The molecule has 0 saturated heterocycles. The summed E-state index contributed by atoms with van der Waals surface area (Å²) in [6.07, 6.45) is -0.731. The van der Waals surface area contributed by atoms with Gasteiger partial charge in [0.15, 0.2) is 5.82 Å². The fourth-order valence-electron chi connectivity index (χ4n) is 3.19. The molecule has 31 heavy (non-hydrogen) atoms. The number of imidazole rings is 1. The zero-order valence-electron chi connectivity index (χ0n) is 16.4. The molecule has 0 saturated carbocycles. The number of nitrogens with zero attached hydrogens (tertiary/aromatic N) is 4. The number of alkyl halides is 3. The number of ether oxygens (including phenoxy) is 1. The third-order valence-corrected chi connectivity index (χ3v) is 4.68. The fourth-order valence-corrected chi connectivity index (χ4v) is 3.19. The second kappa shape index (κ2) is 8.26. The number of methoxy groups -OCH3 is 1. The van der Waals surface area contributed by atoms with E-state index >= 15 is 0 Å². The van der Waals surface area contributed by atoms with E-state index in [9.17, 15) is 13.2 Å². The molecule has 0 aromatic carbocycles. The third-order valence-electron chi connectivity index (χ3n) is 4.68. The van der Waals surface area contributed by atoms with Gasteiger partial charge in [0.2, 0.25) is 5.88 Å². The molecular formula is C20H19F3N6O2. The van der Waals surface area contributed by atoms with Crippen molar-refractivity contribution in [1.82, 2.24) is 19.5 Å². The van der Waals surface area contributed by atoms with E-state index in [1.165, 1.54) is 7.11 Å². The van der Waals surface area contributed by atoms with Gasteiger partial charge >= 0.3 is 6.18 Å². The number of anilines is 2. The number of pyridine rings is 2. The van der Waals surface area contributed by atoms with Gasteiger partial charge in [-0.05, 0) is 18.2 Å². The van der Waals surface area contributed by atoms with Crippen molar-refractivity contribution in [2.75, 3.05) is 30.9 Å². The van der Waals surface area contributed by atoms with Crippen LogP contribution in [-0.4, -0.2) is 51.1 Å². The molecule has 162 valence electrons. The Kier molecular flexibility index (Phi) is 5.51. The second-order valence-electron chi connectivity index (χ2n) is 6.70. The number of aliphatic hydroxyl groups excluding tert-OH is 1. The van der Waals surface area contributed by atoms with Crippen LogP contribution in [0.5, 0.6) is 5.88 Å². The molecule has 4 rings (SSSR count). The van der Waals surface area contributed by atoms with Crippen LogP contribution in [0.2, 0.25) is 0 Å². The highest BCUT2D eigenvalue weighted by Crippen LogP contribution is 2.37. The van der Waals surface area contributed by atoms with E-state index in [1.807, 2.05) is 0 Å². The zero-order valence-corrected chi connectivity index (χ0v) is 16.4. The van der Waals surface area contributed by atoms with E-state index in [0.29, 0.717) is 41.1 Å². The van der Waals surface area contributed by atoms with Crippen LogP contribution >= 0.6 is 0 Å². The number of rotatable bonds is 6. The first-order chi connectivity index (χ1) is 14.9. The van der Waals surface area contributed by atoms with Crippen LogP contribution in [0.3, 0.4) is 0 Å². The van der Waals surface area contributed by atoms with Crippen molar-refractivity contribution in [3.63, 3.8) is 0 Å². The Hall–Kier alpha value is -3.60. The molecule has 0 aliphatic carbocycles. The van der Waals surface area contributed by atoms with Crippen LogP contribution < -0.4 is 15.4 Å². The molecular weight excluding hydrogens is 413 g/mol. The van der Waals surface area contributed by atoms with Crippen LogP contribution in [0.4, 0.5) is 24.7 Å². The van der Waals surface area contributed by atoms with Crippen molar-refractivity contribution in [2.24, 2.45) is 0 Å². The average Bonchev–Trinajstić information content (AvgIpc) is 3.16. The number of allylic oxidation sites excluding steroid dienone is 1. The Bertz CT molecular complexity index is 1090. The maximum Gasteiger partial charge on any atom is 0.414 e. The largest absolute Gasteiger partial charge is 0.481 e.